The summed E-state index contributed by atoms with van der Waals surface area (Å²) in [6.45, 7) is 2.15. The normalized spacial score (nSPS) is 10.8. The minimum atomic E-state index is 0.109. The maximum Gasteiger partial charge on any atom is 0.234 e. The van der Waals surface area contributed by atoms with E-state index in [9.17, 15) is 5.11 Å². The van der Waals surface area contributed by atoms with Crippen molar-refractivity contribution in [1.29, 1.82) is 0 Å². The highest BCUT2D eigenvalue weighted by molar-refractivity contribution is 5.68. The zero-order valence-electron chi connectivity index (χ0n) is 14.1. The van der Waals surface area contributed by atoms with Crippen molar-refractivity contribution in [3.05, 3.63) is 60.2 Å². The van der Waals surface area contributed by atoms with Crippen LogP contribution < -0.4 is 4.74 Å². The zero-order valence-corrected chi connectivity index (χ0v) is 14.1. The number of aromatic nitrogens is 2. The Morgan fingerprint density at radius 1 is 1.04 bits per heavy atom. The number of unbranched alkanes of at least 4 members (excludes halogenated alkanes) is 1. The van der Waals surface area contributed by atoms with E-state index in [0.717, 1.165) is 47.5 Å². The zero-order chi connectivity index (χ0) is 16.9. The second-order valence-electron chi connectivity index (χ2n) is 5.73. The van der Waals surface area contributed by atoms with Gasteiger partial charge in [-0.3, -0.25) is 0 Å². The number of ether oxygens (including phenoxy) is 1. The summed E-state index contributed by atoms with van der Waals surface area (Å²) < 4.78 is 7.04. The fraction of sp³-hybridized carbons (Fsp3) is 0.250. The summed E-state index contributed by atoms with van der Waals surface area (Å²) in [7, 11) is 1.65. The first-order chi connectivity index (χ1) is 11.7. The van der Waals surface area contributed by atoms with E-state index >= 15 is 0 Å². The summed E-state index contributed by atoms with van der Waals surface area (Å²) >= 11 is 0. The third kappa shape index (κ3) is 3.13. The Kier molecular flexibility index (Phi) is 4.85. The Bertz CT molecular complexity index is 793. The average Bonchev–Trinajstić information content (AvgIpc) is 2.97. The molecule has 1 aromatic heterocycles. The Morgan fingerprint density at radius 2 is 1.75 bits per heavy atom. The Hall–Kier alpha value is -2.75. The van der Waals surface area contributed by atoms with Crippen LogP contribution in [0.15, 0.2) is 54.6 Å². The highest BCUT2D eigenvalue weighted by Gasteiger charge is 2.19. The first kappa shape index (κ1) is 16.1. The minimum Gasteiger partial charge on any atom is -0.497 e. The molecule has 2 aromatic carbocycles. The summed E-state index contributed by atoms with van der Waals surface area (Å²) in [6.07, 6.45) is 2.89. The standard InChI is InChI=1S/C20H22N2O2/c1-3-4-10-18-19(15-8-6-5-7-9-15)22(21-20(18)23)16-11-13-17(24-2)14-12-16/h5-9,11-14H,3-4,10H2,1-2H3,(H,21,23). The number of nitrogens with zero attached hydrogens (tertiary/aromatic N) is 2. The first-order valence-corrected chi connectivity index (χ1v) is 8.25. The Morgan fingerprint density at radius 3 is 2.38 bits per heavy atom. The van der Waals surface area contributed by atoms with Gasteiger partial charge >= 0.3 is 0 Å². The molecular weight excluding hydrogens is 300 g/mol. The van der Waals surface area contributed by atoms with Gasteiger partial charge in [0.15, 0.2) is 0 Å². The lowest BCUT2D eigenvalue weighted by Gasteiger charge is -2.10. The monoisotopic (exact) mass is 322 g/mol. The number of benzene rings is 2. The molecule has 24 heavy (non-hydrogen) atoms. The van der Waals surface area contributed by atoms with Crippen molar-refractivity contribution >= 4 is 0 Å². The number of hydrogen-bond donors (Lipinski definition) is 1. The average molecular weight is 322 g/mol. The third-order valence-electron chi connectivity index (χ3n) is 4.11. The van der Waals surface area contributed by atoms with Crippen LogP contribution in [0.4, 0.5) is 0 Å². The number of aromatic hydroxyl groups is 1. The predicted molar refractivity (Wildman–Crippen MR) is 95.8 cm³/mol. The quantitative estimate of drug-likeness (QED) is 0.721. The number of methoxy groups -OCH3 is 1. The van der Waals surface area contributed by atoms with E-state index in [-0.39, 0.29) is 5.88 Å². The van der Waals surface area contributed by atoms with E-state index in [2.05, 4.69) is 12.0 Å². The molecule has 0 spiro atoms. The smallest absolute Gasteiger partial charge is 0.234 e. The lowest BCUT2D eigenvalue weighted by molar-refractivity contribution is 0.414. The van der Waals surface area contributed by atoms with Crippen LogP contribution in [0.1, 0.15) is 25.3 Å². The van der Waals surface area contributed by atoms with Gasteiger partial charge in [0, 0.05) is 11.1 Å². The molecule has 0 unspecified atom stereocenters. The third-order valence-corrected chi connectivity index (χ3v) is 4.11. The molecular formula is C20H22N2O2. The lowest BCUT2D eigenvalue weighted by Crippen LogP contribution is -2.00. The van der Waals surface area contributed by atoms with Crippen LogP contribution in [0, 0.1) is 0 Å². The summed E-state index contributed by atoms with van der Waals surface area (Å²) in [5.41, 5.74) is 3.80. The van der Waals surface area contributed by atoms with Crippen LogP contribution in [-0.4, -0.2) is 22.0 Å². The van der Waals surface area contributed by atoms with Crippen LogP contribution >= 0.6 is 0 Å². The summed E-state index contributed by atoms with van der Waals surface area (Å²) in [4.78, 5) is 0. The molecule has 0 saturated carbocycles. The van der Waals surface area contributed by atoms with Gasteiger partial charge in [0.2, 0.25) is 5.88 Å². The molecule has 0 aliphatic rings. The Balaban J connectivity index is 2.14. The van der Waals surface area contributed by atoms with Gasteiger partial charge < -0.3 is 9.84 Å². The van der Waals surface area contributed by atoms with Crippen LogP contribution in [0.25, 0.3) is 16.9 Å². The lowest BCUT2D eigenvalue weighted by atomic mass is 10.0. The van der Waals surface area contributed by atoms with Crippen LogP contribution in [0.3, 0.4) is 0 Å². The summed E-state index contributed by atoms with van der Waals surface area (Å²) in [5.74, 6) is 0.903. The molecule has 3 rings (SSSR count). The minimum absolute atomic E-state index is 0.109. The topological polar surface area (TPSA) is 47.3 Å². The number of rotatable bonds is 6. The van der Waals surface area contributed by atoms with Crippen LogP contribution in [-0.2, 0) is 6.42 Å². The van der Waals surface area contributed by atoms with Gasteiger partial charge in [-0.2, -0.15) is 0 Å². The predicted octanol–water partition coefficient (Wildman–Crippen LogP) is 4.60. The maximum absolute atomic E-state index is 10.4. The molecule has 4 heteroatoms. The maximum atomic E-state index is 10.4. The Labute approximate surface area is 142 Å². The first-order valence-electron chi connectivity index (χ1n) is 8.25. The summed E-state index contributed by atoms with van der Waals surface area (Å²) in [5, 5.41) is 14.8. The number of hydrogen-bond acceptors (Lipinski definition) is 3. The molecule has 1 N–H and O–H groups in total. The molecule has 0 saturated heterocycles. The van der Waals surface area contributed by atoms with Crippen molar-refractivity contribution in [2.75, 3.05) is 7.11 Å². The van der Waals surface area contributed by atoms with E-state index in [1.54, 1.807) is 7.11 Å². The molecule has 0 atom stereocenters. The highest BCUT2D eigenvalue weighted by atomic mass is 16.5. The molecule has 124 valence electrons. The molecule has 4 nitrogen and oxygen atoms in total. The van der Waals surface area contributed by atoms with E-state index in [1.165, 1.54) is 0 Å². The van der Waals surface area contributed by atoms with Gasteiger partial charge in [-0.25, -0.2) is 4.68 Å². The van der Waals surface area contributed by atoms with Gasteiger partial charge in [0.25, 0.3) is 0 Å². The fourth-order valence-corrected chi connectivity index (χ4v) is 2.83. The largest absolute Gasteiger partial charge is 0.497 e. The van der Waals surface area contributed by atoms with E-state index in [0.29, 0.717) is 0 Å². The second-order valence-corrected chi connectivity index (χ2v) is 5.73. The van der Waals surface area contributed by atoms with Crippen molar-refractivity contribution in [2.24, 2.45) is 0 Å². The molecule has 0 aliphatic heterocycles. The van der Waals surface area contributed by atoms with Crippen molar-refractivity contribution < 1.29 is 9.84 Å². The molecule has 0 aliphatic carbocycles. The second kappa shape index (κ2) is 7.21. The van der Waals surface area contributed by atoms with Gasteiger partial charge in [0.05, 0.1) is 18.5 Å². The molecule has 0 fully saturated rings. The van der Waals surface area contributed by atoms with Gasteiger partial charge in [-0.15, -0.1) is 5.10 Å². The highest BCUT2D eigenvalue weighted by Crippen LogP contribution is 2.33. The molecule has 0 amide bonds. The summed E-state index contributed by atoms with van der Waals surface area (Å²) in [6, 6.07) is 17.8. The van der Waals surface area contributed by atoms with Crippen molar-refractivity contribution in [3.8, 4) is 28.6 Å². The van der Waals surface area contributed by atoms with Gasteiger partial charge in [-0.1, -0.05) is 43.7 Å². The molecule has 1 heterocycles. The van der Waals surface area contributed by atoms with E-state index < -0.39 is 0 Å². The molecule has 0 bridgehead atoms. The van der Waals surface area contributed by atoms with E-state index in [4.69, 9.17) is 4.74 Å². The van der Waals surface area contributed by atoms with Crippen LogP contribution in [0.2, 0.25) is 0 Å². The molecule has 0 radical (unpaired) electrons. The molecule has 3 aromatic rings. The van der Waals surface area contributed by atoms with Crippen molar-refractivity contribution in [1.82, 2.24) is 9.78 Å². The fourth-order valence-electron chi connectivity index (χ4n) is 2.83. The van der Waals surface area contributed by atoms with Crippen LogP contribution in [0.5, 0.6) is 11.6 Å². The van der Waals surface area contributed by atoms with Crippen molar-refractivity contribution in [2.45, 2.75) is 26.2 Å². The SMILES string of the molecule is CCCCc1c(O)nn(-c2ccc(OC)cc2)c1-c1ccccc1. The van der Waals surface area contributed by atoms with Gasteiger partial charge in [-0.05, 0) is 37.1 Å². The van der Waals surface area contributed by atoms with Gasteiger partial charge in [0.1, 0.15) is 5.75 Å². The van der Waals surface area contributed by atoms with Crippen molar-refractivity contribution in [3.63, 3.8) is 0 Å². The van der Waals surface area contributed by atoms with E-state index in [1.807, 2.05) is 59.3 Å².